The number of aromatic nitrogens is 1. The predicted octanol–water partition coefficient (Wildman–Crippen LogP) is 3.88. The first-order valence-corrected chi connectivity index (χ1v) is 17.9. The maximum Gasteiger partial charge on any atom is 0.219 e. The van der Waals surface area contributed by atoms with Gasteiger partial charge in [-0.1, -0.05) is 29.8 Å². The van der Waals surface area contributed by atoms with Crippen molar-refractivity contribution in [1.82, 2.24) is 15.2 Å². The number of rotatable bonds is 19. The van der Waals surface area contributed by atoms with Crippen molar-refractivity contribution in [3.63, 3.8) is 0 Å². The molecule has 12 heteroatoms. The Bertz CT molecular complexity index is 1520. The van der Waals surface area contributed by atoms with Gasteiger partial charge in [0.2, 0.25) is 5.91 Å². The molecule has 5 rings (SSSR count). The van der Waals surface area contributed by atoms with E-state index in [0.29, 0.717) is 30.6 Å². The summed E-state index contributed by atoms with van der Waals surface area (Å²) in [5.41, 5.74) is 4.21. The monoisotopic (exact) mass is 699 g/mol. The maximum absolute atomic E-state index is 12.1. The number of halogens is 1. The molecule has 3 aromatic rings. The molecule has 2 aliphatic rings. The topological polar surface area (TPSA) is 156 Å². The maximum atomic E-state index is 12.1. The van der Waals surface area contributed by atoms with Gasteiger partial charge in [0.25, 0.3) is 0 Å². The fourth-order valence-corrected chi connectivity index (χ4v) is 6.90. The molecule has 0 bridgehead atoms. The lowest BCUT2D eigenvalue weighted by atomic mass is 9.94. The van der Waals surface area contributed by atoms with Crippen LogP contribution in [-0.2, 0) is 16.9 Å². The second kappa shape index (κ2) is 16.8. The normalized spacial score (nSPS) is 17.7. The Morgan fingerprint density at radius 1 is 1.06 bits per heavy atom. The van der Waals surface area contributed by atoms with Crippen LogP contribution in [0.4, 0.5) is 0 Å². The second-order valence-electron chi connectivity index (χ2n) is 12.7. The van der Waals surface area contributed by atoms with Crippen LogP contribution in [0.3, 0.4) is 0 Å². The van der Waals surface area contributed by atoms with Crippen LogP contribution in [0.5, 0.6) is 5.75 Å². The molecule has 2 aromatic carbocycles. The van der Waals surface area contributed by atoms with Gasteiger partial charge in [0, 0.05) is 60.0 Å². The first kappa shape index (κ1) is 36.5. The van der Waals surface area contributed by atoms with E-state index in [1.54, 1.807) is 11.8 Å². The molecule has 1 aromatic heterocycles. The van der Waals surface area contributed by atoms with Crippen LogP contribution in [0.2, 0.25) is 5.02 Å². The third kappa shape index (κ3) is 9.48. The molecule has 4 atom stereocenters. The number of benzene rings is 2. The Balaban J connectivity index is 1.14. The van der Waals surface area contributed by atoms with Crippen molar-refractivity contribution in [1.29, 1.82) is 0 Å². The molecule has 260 valence electrons. The Hall–Kier alpha value is -2.74. The zero-order valence-electron chi connectivity index (χ0n) is 27.2. The minimum atomic E-state index is -1.73. The molecule has 0 spiro atoms. The molecule has 0 unspecified atom stereocenters. The van der Waals surface area contributed by atoms with E-state index in [4.69, 9.17) is 21.4 Å². The Morgan fingerprint density at radius 2 is 1.81 bits per heavy atom. The lowest BCUT2D eigenvalue weighted by molar-refractivity contribution is -0.138. The molecular formula is C36H46ClN3O7S. The summed E-state index contributed by atoms with van der Waals surface area (Å²) in [6, 6.07) is 16.3. The highest BCUT2D eigenvalue weighted by Gasteiger charge is 2.46. The van der Waals surface area contributed by atoms with Crippen LogP contribution in [0.25, 0.3) is 11.1 Å². The summed E-state index contributed by atoms with van der Waals surface area (Å²) < 4.78 is 6.25. The lowest BCUT2D eigenvalue weighted by Gasteiger charge is -2.30. The summed E-state index contributed by atoms with van der Waals surface area (Å²) in [7, 11) is 0. The van der Waals surface area contributed by atoms with Crippen LogP contribution in [0.1, 0.15) is 56.6 Å². The van der Waals surface area contributed by atoms with Crippen molar-refractivity contribution in [2.75, 3.05) is 25.4 Å². The molecule has 0 radical (unpaired) electrons. The van der Waals surface area contributed by atoms with Gasteiger partial charge < -0.3 is 40.5 Å². The molecule has 6 N–H and O–H groups in total. The number of nitrogens with zero attached hydrogens (tertiary/aromatic N) is 2. The van der Waals surface area contributed by atoms with Gasteiger partial charge in [0.05, 0.1) is 12.7 Å². The minimum Gasteiger partial charge on any atom is -0.490 e. The molecule has 10 nitrogen and oxygen atoms in total. The summed E-state index contributed by atoms with van der Waals surface area (Å²) in [6.07, 6.45) is 3.29. The Kier molecular flexibility index (Phi) is 12.8. The number of pyridine rings is 1. The van der Waals surface area contributed by atoms with Gasteiger partial charge in [-0.15, -0.1) is 11.8 Å². The van der Waals surface area contributed by atoms with Crippen LogP contribution >= 0.6 is 23.4 Å². The quantitative estimate of drug-likeness (QED) is 0.0803. The number of hydrogen-bond acceptors (Lipinski definition) is 10. The highest BCUT2D eigenvalue weighted by atomic mass is 35.5. The molecule has 0 aliphatic heterocycles. The van der Waals surface area contributed by atoms with Crippen LogP contribution in [-0.4, -0.2) is 97.3 Å². The molecular weight excluding hydrogens is 654 g/mol. The number of carbonyl (C=O) groups excluding carboxylic acids is 1. The lowest BCUT2D eigenvalue weighted by Crippen LogP contribution is -2.50. The number of para-hydroxylation sites is 1. The predicted molar refractivity (Wildman–Crippen MR) is 186 cm³/mol. The molecule has 0 saturated heterocycles. The number of unbranched alkanes of at least 4 members (excludes halogenated alkanes) is 1. The van der Waals surface area contributed by atoms with E-state index in [0.717, 1.165) is 65.2 Å². The number of ether oxygens (including phenoxy) is 1. The molecule has 1 amide bonds. The van der Waals surface area contributed by atoms with Gasteiger partial charge in [-0.05, 0) is 91.3 Å². The highest BCUT2D eigenvalue weighted by molar-refractivity contribution is 7.99. The van der Waals surface area contributed by atoms with E-state index in [9.17, 15) is 25.2 Å². The van der Waals surface area contributed by atoms with E-state index >= 15 is 0 Å². The summed E-state index contributed by atoms with van der Waals surface area (Å²) in [5, 5.41) is 53.3. The average molecular weight is 700 g/mol. The number of thioether (sulfide) groups is 1. The fourth-order valence-electron chi connectivity index (χ4n) is 5.74. The van der Waals surface area contributed by atoms with Crippen molar-refractivity contribution < 1.29 is 35.1 Å². The summed E-state index contributed by atoms with van der Waals surface area (Å²) in [5.74, 6) is 1.44. The number of nitrogens with one attached hydrogen (secondary N) is 1. The Morgan fingerprint density at radius 3 is 2.52 bits per heavy atom. The number of amides is 1. The van der Waals surface area contributed by atoms with E-state index < -0.39 is 31.0 Å². The largest absolute Gasteiger partial charge is 0.490 e. The van der Waals surface area contributed by atoms with Gasteiger partial charge in [0.15, 0.2) is 0 Å². The molecule has 2 fully saturated rings. The van der Waals surface area contributed by atoms with Crippen molar-refractivity contribution in [3.8, 4) is 16.9 Å². The zero-order valence-corrected chi connectivity index (χ0v) is 28.7. The SMILES string of the molecule is CC(=O)N(CCCCSc1ccc(Cl)c(CNC2(c3cnccc3-c3ccccc3OC3CC3)CC2)c1)C[C@H](O)[C@@H](O)[C@H](O)[C@H](O)CO. The molecule has 2 aliphatic carbocycles. The van der Waals surface area contributed by atoms with Gasteiger partial charge in [-0.25, -0.2) is 0 Å². The van der Waals surface area contributed by atoms with Crippen molar-refractivity contribution in [3.05, 3.63) is 77.1 Å². The summed E-state index contributed by atoms with van der Waals surface area (Å²) in [6.45, 7) is 1.38. The third-order valence-electron chi connectivity index (χ3n) is 8.99. The van der Waals surface area contributed by atoms with E-state index in [1.165, 1.54) is 17.4 Å². The number of aliphatic hydroxyl groups is 5. The first-order chi connectivity index (χ1) is 23.1. The number of aliphatic hydroxyl groups excluding tert-OH is 5. The van der Waals surface area contributed by atoms with Gasteiger partial charge in [-0.2, -0.15) is 0 Å². The summed E-state index contributed by atoms with van der Waals surface area (Å²) >= 11 is 8.36. The standard InChI is InChI=1S/C36H46ClN3O7S/c1-23(42)40(21-31(43)34(45)35(46)32(44)22-41)16-4-5-17-48-26-10-11-30(37)24(18-26)19-39-36(13-14-36)29-20-38-15-12-27(29)28-6-2-3-7-33(28)47-25-8-9-25/h2-3,6-7,10-12,15,18,20,25,31-32,34-35,39,41,43-46H,4-5,8-9,13-14,16-17,19,21-22H2,1H3/t31-,32+,34+,35+/m0/s1. The van der Waals surface area contributed by atoms with Gasteiger partial charge in [0.1, 0.15) is 30.2 Å². The smallest absolute Gasteiger partial charge is 0.219 e. The van der Waals surface area contributed by atoms with Crippen LogP contribution < -0.4 is 10.1 Å². The second-order valence-corrected chi connectivity index (χ2v) is 14.3. The number of hydrogen-bond donors (Lipinski definition) is 6. The van der Waals surface area contributed by atoms with E-state index in [2.05, 4.69) is 28.5 Å². The third-order valence-corrected chi connectivity index (χ3v) is 10.4. The number of carbonyl (C=O) groups is 1. The summed E-state index contributed by atoms with van der Waals surface area (Å²) in [4.78, 5) is 19.1. The molecule has 48 heavy (non-hydrogen) atoms. The van der Waals surface area contributed by atoms with Crippen LogP contribution in [0.15, 0.2) is 65.8 Å². The van der Waals surface area contributed by atoms with Gasteiger partial charge in [-0.3, -0.25) is 9.78 Å². The fraction of sp³-hybridized carbons (Fsp3) is 0.500. The van der Waals surface area contributed by atoms with Gasteiger partial charge >= 0.3 is 0 Å². The molecule has 2 saturated carbocycles. The highest BCUT2D eigenvalue weighted by Crippen LogP contribution is 2.50. The van der Waals surface area contributed by atoms with Crippen molar-refractivity contribution >= 4 is 29.3 Å². The zero-order chi connectivity index (χ0) is 34.3. The minimum absolute atomic E-state index is 0.189. The van der Waals surface area contributed by atoms with Crippen molar-refractivity contribution in [2.45, 2.75) is 92.9 Å². The first-order valence-electron chi connectivity index (χ1n) is 16.6. The Labute approximate surface area is 291 Å². The average Bonchev–Trinajstić information content (AvgIpc) is 4.04. The van der Waals surface area contributed by atoms with E-state index in [-0.39, 0.29) is 18.0 Å². The van der Waals surface area contributed by atoms with Crippen LogP contribution in [0, 0.1) is 0 Å². The van der Waals surface area contributed by atoms with Crippen molar-refractivity contribution in [2.24, 2.45) is 0 Å². The van der Waals surface area contributed by atoms with E-state index in [1.807, 2.05) is 42.7 Å². The molecule has 1 heterocycles.